The highest BCUT2D eigenvalue weighted by Crippen LogP contribution is 2.25. The van der Waals surface area contributed by atoms with E-state index in [-0.39, 0.29) is 0 Å². The lowest BCUT2D eigenvalue weighted by Gasteiger charge is -2.00. The van der Waals surface area contributed by atoms with Crippen molar-refractivity contribution in [3.05, 3.63) is 101 Å². The number of para-hydroxylation sites is 2. The number of aliphatic imine (C=N–C) groups is 1. The maximum atomic E-state index is 4.80. The molecular formula is C22H16BrN3. The Morgan fingerprint density at radius 3 is 2.15 bits per heavy atom. The summed E-state index contributed by atoms with van der Waals surface area (Å²) in [6, 6.07) is 28.2. The molecule has 0 aliphatic rings. The van der Waals surface area contributed by atoms with Crippen LogP contribution in [-0.2, 0) is 0 Å². The SMILES string of the molecule is Brc1ccc(-c2nn(-c3ccccc3)cc2C=Nc2ccccc2)cc1. The van der Waals surface area contributed by atoms with Gasteiger partial charge in [-0.3, -0.25) is 4.99 Å². The fraction of sp³-hybridized carbons (Fsp3) is 0. The minimum absolute atomic E-state index is 0.904. The van der Waals surface area contributed by atoms with Crippen molar-refractivity contribution < 1.29 is 0 Å². The molecule has 0 N–H and O–H groups in total. The Bertz CT molecular complexity index is 1020. The van der Waals surface area contributed by atoms with Gasteiger partial charge in [-0.1, -0.05) is 64.5 Å². The molecule has 0 unspecified atom stereocenters. The Morgan fingerprint density at radius 1 is 0.808 bits per heavy atom. The van der Waals surface area contributed by atoms with Gasteiger partial charge in [-0.05, 0) is 36.4 Å². The summed E-state index contributed by atoms with van der Waals surface area (Å²) in [5.41, 5.74) is 4.87. The lowest BCUT2D eigenvalue weighted by molar-refractivity contribution is 0.884. The third-order valence-electron chi connectivity index (χ3n) is 3.99. The summed E-state index contributed by atoms with van der Waals surface area (Å²) in [7, 11) is 0. The standard InChI is InChI=1S/C22H16BrN3/c23-19-13-11-17(12-14-19)22-18(15-24-20-7-3-1-4-8-20)16-26(25-22)21-9-5-2-6-10-21/h1-16H. The smallest absolute Gasteiger partial charge is 0.101 e. The average Bonchev–Trinajstić information content (AvgIpc) is 3.13. The third kappa shape index (κ3) is 3.65. The van der Waals surface area contributed by atoms with E-state index in [1.807, 2.05) is 89.9 Å². The summed E-state index contributed by atoms with van der Waals surface area (Å²) in [4.78, 5) is 4.60. The van der Waals surface area contributed by atoms with Gasteiger partial charge in [0, 0.05) is 28.0 Å². The molecule has 3 aromatic carbocycles. The molecule has 4 heteroatoms. The molecule has 4 aromatic rings. The van der Waals surface area contributed by atoms with Gasteiger partial charge in [0.25, 0.3) is 0 Å². The van der Waals surface area contributed by atoms with Gasteiger partial charge in [0.2, 0.25) is 0 Å². The molecule has 0 radical (unpaired) electrons. The highest BCUT2D eigenvalue weighted by Gasteiger charge is 2.11. The molecule has 0 fully saturated rings. The Hall–Kier alpha value is -2.98. The molecular weight excluding hydrogens is 386 g/mol. The fourth-order valence-corrected chi connectivity index (χ4v) is 2.95. The molecule has 0 amide bonds. The van der Waals surface area contributed by atoms with E-state index < -0.39 is 0 Å². The molecule has 3 nitrogen and oxygen atoms in total. The van der Waals surface area contributed by atoms with Crippen LogP contribution < -0.4 is 0 Å². The summed E-state index contributed by atoms with van der Waals surface area (Å²) < 4.78 is 2.94. The minimum Gasteiger partial charge on any atom is -0.256 e. The first-order chi connectivity index (χ1) is 12.8. The van der Waals surface area contributed by atoms with E-state index in [2.05, 4.69) is 33.1 Å². The van der Waals surface area contributed by atoms with E-state index in [1.54, 1.807) is 0 Å². The molecule has 0 saturated heterocycles. The quantitative estimate of drug-likeness (QED) is 0.382. The van der Waals surface area contributed by atoms with Crippen molar-refractivity contribution in [1.29, 1.82) is 0 Å². The number of hydrogen-bond acceptors (Lipinski definition) is 2. The molecule has 0 atom stereocenters. The number of nitrogens with zero attached hydrogens (tertiary/aromatic N) is 3. The van der Waals surface area contributed by atoms with Gasteiger partial charge < -0.3 is 0 Å². The molecule has 0 bridgehead atoms. The molecule has 126 valence electrons. The Morgan fingerprint density at radius 2 is 1.46 bits per heavy atom. The Labute approximate surface area is 160 Å². The topological polar surface area (TPSA) is 30.2 Å². The molecule has 0 aliphatic carbocycles. The van der Waals surface area contributed by atoms with Gasteiger partial charge in [-0.25, -0.2) is 4.68 Å². The van der Waals surface area contributed by atoms with E-state index in [9.17, 15) is 0 Å². The van der Waals surface area contributed by atoms with Crippen LogP contribution >= 0.6 is 15.9 Å². The highest BCUT2D eigenvalue weighted by molar-refractivity contribution is 9.10. The lowest BCUT2D eigenvalue weighted by atomic mass is 10.1. The van der Waals surface area contributed by atoms with Crippen LogP contribution in [0.5, 0.6) is 0 Å². The van der Waals surface area contributed by atoms with Crippen molar-refractivity contribution >= 4 is 27.8 Å². The van der Waals surface area contributed by atoms with E-state index >= 15 is 0 Å². The number of rotatable bonds is 4. The van der Waals surface area contributed by atoms with Crippen molar-refractivity contribution in [2.75, 3.05) is 0 Å². The zero-order chi connectivity index (χ0) is 17.8. The van der Waals surface area contributed by atoms with Crippen molar-refractivity contribution in [3.63, 3.8) is 0 Å². The highest BCUT2D eigenvalue weighted by atomic mass is 79.9. The fourth-order valence-electron chi connectivity index (χ4n) is 2.68. The molecule has 0 spiro atoms. The van der Waals surface area contributed by atoms with E-state index in [0.29, 0.717) is 0 Å². The minimum atomic E-state index is 0.904. The second-order valence-corrected chi connectivity index (χ2v) is 6.73. The second kappa shape index (κ2) is 7.50. The monoisotopic (exact) mass is 401 g/mol. The van der Waals surface area contributed by atoms with Crippen LogP contribution in [0.4, 0.5) is 5.69 Å². The van der Waals surface area contributed by atoms with Crippen LogP contribution in [-0.4, -0.2) is 16.0 Å². The molecule has 1 heterocycles. The van der Waals surface area contributed by atoms with Gasteiger partial charge in [0.15, 0.2) is 0 Å². The van der Waals surface area contributed by atoms with Crippen LogP contribution in [0.3, 0.4) is 0 Å². The lowest BCUT2D eigenvalue weighted by Crippen LogP contribution is -1.93. The van der Waals surface area contributed by atoms with Crippen molar-refractivity contribution in [3.8, 4) is 16.9 Å². The maximum Gasteiger partial charge on any atom is 0.101 e. The van der Waals surface area contributed by atoms with Crippen molar-refractivity contribution in [1.82, 2.24) is 9.78 Å². The van der Waals surface area contributed by atoms with Gasteiger partial charge in [0.1, 0.15) is 5.69 Å². The van der Waals surface area contributed by atoms with Crippen molar-refractivity contribution in [2.45, 2.75) is 0 Å². The van der Waals surface area contributed by atoms with Crippen LogP contribution in [0.1, 0.15) is 5.56 Å². The first kappa shape index (κ1) is 16.5. The van der Waals surface area contributed by atoms with Gasteiger partial charge in [-0.2, -0.15) is 5.10 Å². The van der Waals surface area contributed by atoms with Crippen LogP contribution in [0.25, 0.3) is 16.9 Å². The zero-order valence-electron chi connectivity index (χ0n) is 14.0. The second-order valence-electron chi connectivity index (χ2n) is 5.81. The van der Waals surface area contributed by atoms with Crippen LogP contribution in [0.15, 0.2) is 101 Å². The first-order valence-electron chi connectivity index (χ1n) is 8.30. The third-order valence-corrected chi connectivity index (χ3v) is 4.52. The predicted molar refractivity (Wildman–Crippen MR) is 110 cm³/mol. The Kier molecular flexibility index (Phi) is 4.75. The van der Waals surface area contributed by atoms with Crippen LogP contribution in [0, 0.1) is 0 Å². The van der Waals surface area contributed by atoms with Gasteiger partial charge >= 0.3 is 0 Å². The van der Waals surface area contributed by atoms with E-state index in [0.717, 1.165) is 32.7 Å². The Balaban J connectivity index is 1.79. The summed E-state index contributed by atoms with van der Waals surface area (Å²) >= 11 is 3.49. The van der Waals surface area contributed by atoms with E-state index in [1.165, 1.54) is 0 Å². The van der Waals surface area contributed by atoms with Gasteiger partial charge in [0.05, 0.1) is 11.4 Å². The predicted octanol–water partition coefficient (Wildman–Crippen LogP) is 6.05. The zero-order valence-corrected chi connectivity index (χ0v) is 15.5. The molecule has 0 aliphatic heterocycles. The number of hydrogen-bond donors (Lipinski definition) is 0. The van der Waals surface area contributed by atoms with Crippen LogP contribution in [0.2, 0.25) is 0 Å². The van der Waals surface area contributed by atoms with E-state index in [4.69, 9.17) is 5.10 Å². The molecule has 26 heavy (non-hydrogen) atoms. The van der Waals surface area contributed by atoms with Gasteiger partial charge in [-0.15, -0.1) is 0 Å². The number of benzene rings is 3. The largest absolute Gasteiger partial charge is 0.256 e. The number of halogens is 1. The summed E-state index contributed by atoms with van der Waals surface area (Å²) in [5.74, 6) is 0. The normalized spacial score (nSPS) is 11.1. The first-order valence-corrected chi connectivity index (χ1v) is 9.09. The summed E-state index contributed by atoms with van der Waals surface area (Å²) in [6.07, 6.45) is 3.89. The molecule has 4 rings (SSSR count). The summed E-state index contributed by atoms with van der Waals surface area (Å²) in [6.45, 7) is 0. The maximum absolute atomic E-state index is 4.80. The van der Waals surface area contributed by atoms with Crippen molar-refractivity contribution in [2.24, 2.45) is 4.99 Å². The number of aromatic nitrogens is 2. The average molecular weight is 402 g/mol. The summed E-state index contributed by atoms with van der Waals surface area (Å²) in [5, 5.41) is 4.80. The molecule has 1 aromatic heterocycles. The molecule has 0 saturated carbocycles.